The van der Waals surface area contributed by atoms with Gasteiger partial charge in [0.05, 0.1) is 28.4 Å². The minimum atomic E-state index is -2.96. The summed E-state index contributed by atoms with van der Waals surface area (Å²) >= 11 is 0. The molecule has 0 atom stereocenters. The molecule has 0 aliphatic carbocycles. The van der Waals surface area contributed by atoms with Crippen LogP contribution in [0.3, 0.4) is 0 Å². The van der Waals surface area contributed by atoms with E-state index in [9.17, 15) is 0 Å². The Morgan fingerprint density at radius 3 is 1.10 bits per heavy atom. The van der Waals surface area contributed by atoms with Crippen LogP contribution in [0.25, 0.3) is 11.1 Å². The normalized spacial score (nSPS) is 14.9. The van der Waals surface area contributed by atoms with E-state index < -0.39 is 8.56 Å². The van der Waals surface area contributed by atoms with Gasteiger partial charge >= 0.3 is 8.56 Å². The number of benzene rings is 2. The maximum Gasteiger partial charge on any atom is 0.471 e. The minimum absolute atomic E-state index is 0.246. The van der Waals surface area contributed by atoms with E-state index >= 15 is 0 Å². The molecule has 2 aromatic rings. The Bertz CT molecular complexity index is 892. The molecule has 1 aliphatic heterocycles. The smallest absolute Gasteiger partial charge is 0.471 e. The lowest BCUT2D eigenvalue weighted by molar-refractivity contribution is 0.295. The molecule has 3 rings (SSSR count). The summed E-state index contributed by atoms with van der Waals surface area (Å²) in [5, 5.41) is -0.491. The van der Waals surface area contributed by atoms with E-state index in [1.807, 2.05) is 24.3 Å². The Kier molecular flexibility index (Phi) is 5.86. The molecule has 0 N–H and O–H groups in total. The molecular weight excluding hydrogens is 412 g/mol. The fourth-order valence-electron chi connectivity index (χ4n) is 4.38. The molecular formula is C24H34O6Si. The molecule has 0 aromatic heterocycles. The summed E-state index contributed by atoms with van der Waals surface area (Å²) in [7, 11) is 3.53. The van der Waals surface area contributed by atoms with Gasteiger partial charge in [0, 0.05) is 33.3 Å². The van der Waals surface area contributed by atoms with E-state index in [1.165, 1.54) is 0 Å². The number of ether oxygens (including phenoxy) is 4. The molecule has 0 amide bonds. The maximum absolute atomic E-state index is 6.94. The molecule has 0 radical (unpaired) electrons. The molecule has 6 nitrogen and oxygen atoms in total. The summed E-state index contributed by atoms with van der Waals surface area (Å²) in [6, 6.07) is 7.64. The van der Waals surface area contributed by atoms with E-state index in [2.05, 4.69) is 41.5 Å². The molecule has 0 saturated heterocycles. The SMILES string of the molecule is COc1cc2c(cc1OC)-c1cc(OC)c(OC)cc1O[Si](C(C)(C)C)(C(C)(C)C)O2. The van der Waals surface area contributed by atoms with E-state index in [4.69, 9.17) is 27.8 Å². The van der Waals surface area contributed by atoms with Crippen LogP contribution in [-0.4, -0.2) is 37.0 Å². The molecule has 0 saturated carbocycles. The number of methoxy groups -OCH3 is 4. The largest absolute Gasteiger partial charge is 0.511 e. The summed E-state index contributed by atoms with van der Waals surface area (Å²) in [4.78, 5) is 0. The zero-order chi connectivity index (χ0) is 23.2. The van der Waals surface area contributed by atoms with Crippen molar-refractivity contribution in [3.05, 3.63) is 24.3 Å². The van der Waals surface area contributed by atoms with Gasteiger partial charge < -0.3 is 27.8 Å². The molecule has 1 aliphatic rings. The van der Waals surface area contributed by atoms with Crippen molar-refractivity contribution in [1.29, 1.82) is 0 Å². The Morgan fingerprint density at radius 1 is 0.548 bits per heavy atom. The second-order valence-electron chi connectivity index (χ2n) is 9.73. The second-order valence-corrected chi connectivity index (χ2v) is 14.4. The lowest BCUT2D eigenvalue weighted by atomic mass is 10.0. The first-order valence-corrected chi connectivity index (χ1v) is 12.1. The number of hydrogen-bond acceptors (Lipinski definition) is 6. The monoisotopic (exact) mass is 446 g/mol. The van der Waals surface area contributed by atoms with Crippen molar-refractivity contribution >= 4 is 8.56 Å². The van der Waals surface area contributed by atoms with Crippen molar-refractivity contribution in [3.63, 3.8) is 0 Å². The topological polar surface area (TPSA) is 55.4 Å². The van der Waals surface area contributed by atoms with Crippen LogP contribution in [0.1, 0.15) is 41.5 Å². The van der Waals surface area contributed by atoms with Gasteiger partial charge in [0.15, 0.2) is 23.0 Å². The standard InChI is InChI=1S/C24H34O6Si/c1-23(2,3)31(24(4,5)6)29-17-13-21(27-9)19(25-7)11-15(17)16-12-20(26-8)22(28-10)14-18(16)30-31/h11-14H,1-10H3. The first-order chi connectivity index (χ1) is 14.4. The van der Waals surface area contributed by atoms with Crippen LogP contribution in [0.2, 0.25) is 10.1 Å². The molecule has 0 spiro atoms. The fourth-order valence-corrected chi connectivity index (χ4v) is 8.85. The van der Waals surface area contributed by atoms with Crippen molar-refractivity contribution in [2.24, 2.45) is 0 Å². The zero-order valence-corrected chi connectivity index (χ0v) is 21.3. The molecule has 0 fully saturated rings. The lowest BCUT2D eigenvalue weighted by Crippen LogP contribution is -2.62. The Morgan fingerprint density at radius 2 is 0.839 bits per heavy atom. The van der Waals surface area contributed by atoms with Gasteiger partial charge in [-0.15, -0.1) is 0 Å². The Labute approximate surface area is 186 Å². The molecule has 0 bridgehead atoms. The Balaban J connectivity index is 2.44. The van der Waals surface area contributed by atoms with Crippen LogP contribution >= 0.6 is 0 Å². The van der Waals surface area contributed by atoms with Crippen LogP contribution in [0.4, 0.5) is 0 Å². The molecule has 170 valence electrons. The summed E-state index contributed by atoms with van der Waals surface area (Å²) < 4.78 is 36.2. The van der Waals surface area contributed by atoms with Crippen LogP contribution in [0.15, 0.2) is 24.3 Å². The van der Waals surface area contributed by atoms with Gasteiger partial charge in [-0.2, -0.15) is 0 Å². The van der Waals surface area contributed by atoms with Crippen LogP contribution < -0.4 is 27.8 Å². The summed E-state index contributed by atoms with van der Waals surface area (Å²) in [5.41, 5.74) is 1.72. The summed E-state index contributed by atoms with van der Waals surface area (Å²) in [5.74, 6) is 3.87. The van der Waals surface area contributed by atoms with Crippen LogP contribution in [-0.2, 0) is 0 Å². The van der Waals surface area contributed by atoms with Gasteiger partial charge in [-0.25, -0.2) is 0 Å². The number of rotatable bonds is 4. The lowest BCUT2D eigenvalue weighted by Gasteiger charge is -2.47. The molecule has 7 heteroatoms. The van der Waals surface area contributed by atoms with Crippen molar-refractivity contribution in [3.8, 4) is 45.6 Å². The van der Waals surface area contributed by atoms with E-state index in [0.29, 0.717) is 34.5 Å². The highest BCUT2D eigenvalue weighted by molar-refractivity contribution is 6.75. The van der Waals surface area contributed by atoms with Crippen molar-refractivity contribution in [1.82, 2.24) is 0 Å². The second kappa shape index (κ2) is 7.86. The first-order valence-electron chi connectivity index (χ1n) is 10.3. The predicted molar refractivity (Wildman–Crippen MR) is 125 cm³/mol. The fraction of sp³-hybridized carbons (Fsp3) is 0.500. The zero-order valence-electron chi connectivity index (χ0n) is 20.3. The minimum Gasteiger partial charge on any atom is -0.511 e. The molecule has 31 heavy (non-hydrogen) atoms. The van der Waals surface area contributed by atoms with Gasteiger partial charge in [0.25, 0.3) is 0 Å². The van der Waals surface area contributed by atoms with Gasteiger partial charge in [0.1, 0.15) is 11.5 Å². The average Bonchev–Trinajstić information content (AvgIpc) is 2.85. The average molecular weight is 447 g/mol. The highest BCUT2D eigenvalue weighted by Gasteiger charge is 2.63. The van der Waals surface area contributed by atoms with Crippen molar-refractivity contribution < 1.29 is 27.8 Å². The molecule has 1 heterocycles. The third-order valence-electron chi connectivity index (χ3n) is 5.74. The molecule has 2 aromatic carbocycles. The Hall–Kier alpha value is -2.54. The highest BCUT2D eigenvalue weighted by Crippen LogP contribution is 2.58. The van der Waals surface area contributed by atoms with Gasteiger partial charge in [0.2, 0.25) is 0 Å². The van der Waals surface area contributed by atoms with E-state index in [0.717, 1.165) is 11.1 Å². The van der Waals surface area contributed by atoms with E-state index in [1.54, 1.807) is 28.4 Å². The summed E-state index contributed by atoms with van der Waals surface area (Å²) in [6.07, 6.45) is 0. The third kappa shape index (κ3) is 3.69. The number of hydrogen-bond donors (Lipinski definition) is 0. The van der Waals surface area contributed by atoms with E-state index in [-0.39, 0.29) is 10.1 Å². The first kappa shape index (κ1) is 23.1. The van der Waals surface area contributed by atoms with Gasteiger partial charge in [-0.3, -0.25) is 0 Å². The van der Waals surface area contributed by atoms with Gasteiger partial charge in [-0.1, -0.05) is 41.5 Å². The van der Waals surface area contributed by atoms with Crippen LogP contribution in [0, 0.1) is 0 Å². The predicted octanol–water partition coefficient (Wildman–Crippen LogP) is 6.20. The van der Waals surface area contributed by atoms with Crippen molar-refractivity contribution in [2.45, 2.75) is 51.6 Å². The highest BCUT2D eigenvalue weighted by atomic mass is 28.4. The maximum atomic E-state index is 6.94. The third-order valence-corrected chi connectivity index (χ3v) is 10.7. The summed E-state index contributed by atoms with van der Waals surface area (Å²) in [6.45, 7) is 13.1. The van der Waals surface area contributed by atoms with Gasteiger partial charge in [-0.05, 0) is 12.1 Å². The molecule has 0 unspecified atom stereocenters. The van der Waals surface area contributed by atoms with Crippen LogP contribution in [0.5, 0.6) is 34.5 Å². The number of fused-ring (bicyclic) bond motifs is 3. The van der Waals surface area contributed by atoms with Crippen molar-refractivity contribution in [2.75, 3.05) is 28.4 Å². The quantitative estimate of drug-likeness (QED) is 0.521.